The first-order valence-corrected chi connectivity index (χ1v) is 20.2. The molecule has 4 aliphatic rings. The molecule has 0 N–H and O–H groups in total. The summed E-state index contributed by atoms with van der Waals surface area (Å²) in [5.74, 6) is 0. The minimum atomic E-state index is -0.194. The van der Waals surface area contributed by atoms with Crippen LogP contribution in [0.15, 0.2) is 186 Å². The topological polar surface area (TPSA) is 42.5 Å². The molecule has 5 aromatic rings. The maximum Gasteiger partial charge on any atom is 0.173 e. The highest BCUT2D eigenvalue weighted by atomic mass is 14.9. The van der Waals surface area contributed by atoms with Crippen LogP contribution in [0, 0.1) is 21.7 Å². The molecule has 4 nitrogen and oxygen atoms in total. The predicted octanol–water partition coefficient (Wildman–Crippen LogP) is 12.3. The fraction of sp³-hybridized carbons (Fsp3) is 0.245. The second-order valence-corrected chi connectivity index (χ2v) is 18.4. The Kier molecular flexibility index (Phi) is 8.55. The van der Waals surface area contributed by atoms with Gasteiger partial charge in [-0.1, -0.05) is 128 Å². The van der Waals surface area contributed by atoms with Crippen molar-refractivity contribution in [1.29, 1.82) is 0 Å². The average Bonchev–Trinajstić information content (AvgIpc) is 3.20. The second-order valence-electron chi connectivity index (χ2n) is 18.4. The van der Waals surface area contributed by atoms with Crippen LogP contribution in [0.1, 0.15) is 66.5 Å². The lowest BCUT2D eigenvalue weighted by Crippen LogP contribution is -2.48. The van der Waals surface area contributed by atoms with Gasteiger partial charge in [0, 0.05) is 40.9 Å². The Morgan fingerprint density at radius 1 is 0.526 bits per heavy atom. The molecule has 4 heterocycles. The van der Waals surface area contributed by atoms with E-state index in [0.29, 0.717) is 0 Å². The summed E-state index contributed by atoms with van der Waals surface area (Å²) < 4.78 is 2.28. The smallest absolute Gasteiger partial charge is 0.173 e. The third kappa shape index (κ3) is 6.23. The number of benzene rings is 1. The van der Waals surface area contributed by atoms with Crippen LogP contribution in [-0.4, -0.2) is 15.0 Å². The number of pyridine rings is 4. The Labute approximate surface area is 338 Å². The largest absolute Gasteiger partial charge is 0.255 e. The summed E-state index contributed by atoms with van der Waals surface area (Å²) in [4.78, 5) is 14.1. The summed E-state index contributed by atoms with van der Waals surface area (Å²) in [6.07, 6.45) is 25.3. The quantitative estimate of drug-likeness (QED) is 0.163. The Bertz CT molecular complexity index is 2580. The van der Waals surface area contributed by atoms with Gasteiger partial charge in [-0.15, -0.1) is 0 Å². The van der Waals surface area contributed by atoms with Gasteiger partial charge in [0.2, 0.25) is 0 Å². The van der Waals surface area contributed by atoms with Crippen LogP contribution in [0.4, 0.5) is 0 Å². The van der Waals surface area contributed by atoms with Crippen molar-refractivity contribution in [2.24, 2.45) is 21.7 Å². The molecule has 0 amide bonds. The van der Waals surface area contributed by atoms with E-state index in [1.54, 1.807) is 0 Å². The maximum absolute atomic E-state index is 4.95. The lowest BCUT2D eigenvalue weighted by molar-refractivity contribution is -0.688. The van der Waals surface area contributed by atoms with Crippen LogP contribution in [0.2, 0.25) is 0 Å². The number of allylic oxidation sites excluding steroid dienone is 14. The van der Waals surface area contributed by atoms with E-state index >= 15 is 0 Å². The second kappa shape index (κ2) is 13.3. The molecule has 0 saturated carbocycles. The first-order chi connectivity index (χ1) is 27.2. The van der Waals surface area contributed by atoms with Crippen molar-refractivity contribution in [2.45, 2.75) is 61.9 Å². The van der Waals surface area contributed by atoms with Crippen molar-refractivity contribution in [3.63, 3.8) is 0 Å². The summed E-state index contributed by atoms with van der Waals surface area (Å²) >= 11 is 0. The van der Waals surface area contributed by atoms with Crippen LogP contribution in [0.5, 0.6) is 0 Å². The normalized spacial score (nSPS) is 21.2. The van der Waals surface area contributed by atoms with Gasteiger partial charge in [-0.25, -0.2) is 9.55 Å². The van der Waals surface area contributed by atoms with E-state index < -0.39 is 0 Å². The fourth-order valence-corrected chi connectivity index (χ4v) is 9.00. The summed E-state index contributed by atoms with van der Waals surface area (Å²) in [5.41, 5.74) is 17.5. The first-order valence-electron chi connectivity index (χ1n) is 20.2. The van der Waals surface area contributed by atoms with Crippen molar-refractivity contribution in [3.8, 4) is 33.9 Å². The molecule has 57 heavy (non-hydrogen) atoms. The van der Waals surface area contributed by atoms with Crippen molar-refractivity contribution >= 4 is 5.57 Å². The Hall–Kier alpha value is -6.00. The molecule has 2 atom stereocenters. The van der Waals surface area contributed by atoms with Crippen molar-refractivity contribution in [1.82, 2.24) is 15.0 Å². The molecule has 4 aliphatic carbocycles. The molecule has 0 aliphatic heterocycles. The number of hydrogen-bond donors (Lipinski definition) is 0. The summed E-state index contributed by atoms with van der Waals surface area (Å²) in [6, 6.07) is 29.6. The first kappa shape index (κ1) is 36.6. The molecule has 0 radical (unpaired) electrons. The standard InChI is InChI=1S/C53H51N4/c1-50(2,3)41-29-39-19-20-40-30-42(51(4,5)6)33-45-44(32-43(31-41)52(39,7)53(40,45)8)37-21-25-57(26-22-37)34-35-15-17-36(18-16-35)38-27-48(46-13-9-11-23-54-46)56-49(28-38)47-14-10-12-24-55-47/h9-33H,34H2,1-8H3/q+1. The molecule has 2 unspecified atom stereocenters. The van der Waals surface area contributed by atoms with Gasteiger partial charge in [0.15, 0.2) is 18.9 Å². The van der Waals surface area contributed by atoms with Gasteiger partial charge in [-0.05, 0) is 109 Å². The summed E-state index contributed by atoms with van der Waals surface area (Å²) in [6.45, 7) is 19.7. The van der Waals surface area contributed by atoms with Crippen molar-refractivity contribution in [2.75, 3.05) is 0 Å². The molecule has 0 saturated heterocycles. The van der Waals surface area contributed by atoms with E-state index in [1.165, 1.54) is 50.1 Å². The molecule has 4 heteroatoms. The highest BCUT2D eigenvalue weighted by molar-refractivity contribution is 5.87. The minimum absolute atomic E-state index is 0.0304. The van der Waals surface area contributed by atoms with E-state index in [-0.39, 0.29) is 21.7 Å². The average molecular weight is 744 g/mol. The molecule has 0 bridgehead atoms. The Balaban J connectivity index is 1.05. The zero-order chi connectivity index (χ0) is 39.7. The number of aromatic nitrogens is 4. The van der Waals surface area contributed by atoms with E-state index in [0.717, 1.165) is 40.4 Å². The van der Waals surface area contributed by atoms with Crippen LogP contribution < -0.4 is 4.57 Å². The highest BCUT2D eigenvalue weighted by Crippen LogP contribution is 2.68. The molecular weight excluding hydrogens is 693 g/mol. The fourth-order valence-electron chi connectivity index (χ4n) is 9.00. The summed E-state index contributed by atoms with van der Waals surface area (Å²) in [7, 11) is 0. The molecule has 1 aromatic carbocycles. The van der Waals surface area contributed by atoms with Crippen molar-refractivity contribution in [3.05, 3.63) is 197 Å². The molecule has 282 valence electrons. The lowest BCUT2D eigenvalue weighted by Gasteiger charge is -2.58. The third-order valence-corrected chi connectivity index (χ3v) is 12.8. The SMILES string of the molecule is CC(C)(C)C1=CC2=CC(c3cc[n+](Cc4ccc(-c5cc(-c6ccccn6)nc(-c6ccccn6)c5)cc4)cc3)=C3C=C(C(C)(C)C)C=C4C=CC(=C1)C2(C)C43C. The number of hydrogen-bond acceptors (Lipinski definition) is 3. The molecule has 0 fully saturated rings. The van der Waals surface area contributed by atoms with E-state index in [2.05, 4.69) is 173 Å². The van der Waals surface area contributed by atoms with E-state index in [1.807, 2.05) is 48.8 Å². The minimum Gasteiger partial charge on any atom is -0.255 e. The predicted molar refractivity (Wildman–Crippen MR) is 233 cm³/mol. The monoisotopic (exact) mass is 743 g/mol. The van der Waals surface area contributed by atoms with Gasteiger partial charge in [0.1, 0.15) is 0 Å². The van der Waals surface area contributed by atoms with Crippen LogP contribution >= 0.6 is 0 Å². The van der Waals surface area contributed by atoms with Crippen LogP contribution in [-0.2, 0) is 6.54 Å². The van der Waals surface area contributed by atoms with Gasteiger partial charge in [-0.3, -0.25) is 9.97 Å². The van der Waals surface area contributed by atoms with Gasteiger partial charge >= 0.3 is 0 Å². The maximum atomic E-state index is 4.95. The van der Waals surface area contributed by atoms with Crippen LogP contribution in [0.3, 0.4) is 0 Å². The lowest BCUT2D eigenvalue weighted by atomic mass is 9.44. The Morgan fingerprint density at radius 2 is 1.09 bits per heavy atom. The molecule has 9 rings (SSSR count). The van der Waals surface area contributed by atoms with E-state index in [4.69, 9.17) is 4.98 Å². The van der Waals surface area contributed by atoms with Gasteiger partial charge < -0.3 is 0 Å². The third-order valence-electron chi connectivity index (χ3n) is 12.8. The van der Waals surface area contributed by atoms with Gasteiger partial charge in [0.25, 0.3) is 0 Å². The zero-order valence-corrected chi connectivity index (χ0v) is 34.4. The number of nitrogens with zero attached hydrogens (tertiary/aromatic N) is 4. The van der Waals surface area contributed by atoms with Gasteiger partial charge in [0.05, 0.1) is 22.8 Å². The molecular formula is C53H51N4+. The zero-order valence-electron chi connectivity index (χ0n) is 34.4. The Morgan fingerprint density at radius 3 is 1.63 bits per heavy atom. The van der Waals surface area contributed by atoms with Crippen molar-refractivity contribution < 1.29 is 4.57 Å². The van der Waals surface area contributed by atoms with Crippen LogP contribution in [0.25, 0.3) is 39.5 Å². The van der Waals surface area contributed by atoms with Gasteiger partial charge in [-0.2, -0.15) is 0 Å². The molecule has 0 spiro atoms. The molecule has 4 aromatic heterocycles. The summed E-state index contributed by atoms with van der Waals surface area (Å²) in [5, 5.41) is 0. The highest BCUT2D eigenvalue weighted by Gasteiger charge is 2.58. The number of rotatable bonds is 6. The van der Waals surface area contributed by atoms with E-state index in [9.17, 15) is 0 Å².